The van der Waals surface area contributed by atoms with Crippen molar-refractivity contribution in [1.29, 1.82) is 0 Å². The topological polar surface area (TPSA) is 26.3 Å². The van der Waals surface area contributed by atoms with E-state index in [0.29, 0.717) is 12.9 Å². The van der Waals surface area contributed by atoms with Crippen LogP contribution in [-0.4, -0.2) is 12.4 Å². The Balaban J connectivity index is 3.07. The molecule has 0 amide bonds. The molecule has 0 bridgehead atoms. The van der Waals surface area contributed by atoms with Gasteiger partial charge in [-0.1, -0.05) is 0 Å². The summed E-state index contributed by atoms with van der Waals surface area (Å²) in [6.45, 7) is 1.21. The van der Waals surface area contributed by atoms with Crippen molar-refractivity contribution in [3.8, 4) is 5.75 Å². The third-order valence-electron chi connectivity index (χ3n) is 1.75. The Hall–Kier alpha value is -0.0600. The minimum atomic E-state index is -4.38. The van der Waals surface area contributed by atoms with E-state index in [9.17, 15) is 18.0 Å². The van der Waals surface area contributed by atoms with E-state index < -0.39 is 11.7 Å². The number of Topliss-reactive ketones (excluding diaryl/α,β-unsaturated/α-hetero) is 1. The summed E-state index contributed by atoms with van der Waals surface area (Å²) < 4.78 is 43.3. The Morgan fingerprint density at radius 3 is 2.12 bits per heavy atom. The molecule has 0 heterocycles. The van der Waals surface area contributed by atoms with Gasteiger partial charge < -0.3 is 4.74 Å². The highest BCUT2D eigenvalue weighted by atomic mass is 127. The maximum atomic E-state index is 12.5. The van der Waals surface area contributed by atoms with Crippen LogP contribution in [0.15, 0.2) is 12.1 Å². The minimum absolute atomic E-state index is 0.142. The Morgan fingerprint density at radius 1 is 1.29 bits per heavy atom. The van der Waals surface area contributed by atoms with Crippen molar-refractivity contribution in [2.24, 2.45) is 0 Å². The van der Waals surface area contributed by atoms with E-state index in [-0.39, 0.29) is 12.4 Å². The van der Waals surface area contributed by atoms with Crippen molar-refractivity contribution >= 4 is 51.0 Å². The largest absolute Gasteiger partial charge is 0.484 e. The molecule has 0 aliphatic carbocycles. The number of rotatable bonds is 3. The normalized spacial score (nSPS) is 11.4. The van der Waals surface area contributed by atoms with Crippen LogP contribution >= 0.6 is 45.2 Å². The molecule has 0 unspecified atom stereocenters. The number of halogens is 5. The van der Waals surface area contributed by atoms with E-state index in [4.69, 9.17) is 4.74 Å². The molecule has 0 fully saturated rings. The fourth-order valence-electron chi connectivity index (χ4n) is 1.04. The Kier molecular flexibility index (Phi) is 5.05. The number of hydrogen-bond donors (Lipinski definition) is 0. The van der Waals surface area contributed by atoms with Crippen molar-refractivity contribution < 1.29 is 22.7 Å². The van der Waals surface area contributed by atoms with Gasteiger partial charge in [-0.2, -0.15) is 13.2 Å². The lowest BCUT2D eigenvalue weighted by Crippen LogP contribution is -2.11. The SMILES string of the molecule is CC(=O)COc1c(I)cc(C(F)(F)F)cc1I. The van der Waals surface area contributed by atoms with Crippen molar-refractivity contribution in [3.63, 3.8) is 0 Å². The highest BCUT2D eigenvalue weighted by Crippen LogP contribution is 2.36. The average Bonchev–Trinajstić information content (AvgIpc) is 2.14. The number of carbonyl (C=O) groups excluding carboxylic acids is 1. The molecule has 0 aliphatic heterocycles. The zero-order valence-corrected chi connectivity index (χ0v) is 12.9. The smallest absolute Gasteiger partial charge is 0.416 e. The van der Waals surface area contributed by atoms with Crippen LogP contribution in [0.25, 0.3) is 0 Å². The lowest BCUT2D eigenvalue weighted by Gasteiger charge is -2.13. The van der Waals surface area contributed by atoms with Gasteiger partial charge in [0.2, 0.25) is 0 Å². The van der Waals surface area contributed by atoms with Gasteiger partial charge in [0, 0.05) is 0 Å². The molecule has 2 nitrogen and oxygen atoms in total. The molecule has 0 saturated carbocycles. The van der Waals surface area contributed by atoms with Crippen LogP contribution in [-0.2, 0) is 11.0 Å². The van der Waals surface area contributed by atoms with Crippen LogP contribution in [0.4, 0.5) is 13.2 Å². The molecule has 1 aromatic rings. The van der Waals surface area contributed by atoms with Crippen LogP contribution in [0, 0.1) is 7.14 Å². The number of ether oxygens (including phenoxy) is 1. The third-order valence-corrected chi connectivity index (χ3v) is 3.35. The van der Waals surface area contributed by atoms with Crippen molar-refractivity contribution in [3.05, 3.63) is 24.8 Å². The summed E-state index contributed by atoms with van der Waals surface area (Å²) in [6, 6.07) is 2.00. The van der Waals surface area contributed by atoms with Gasteiger partial charge in [-0.25, -0.2) is 0 Å². The summed E-state index contributed by atoms with van der Waals surface area (Å²) in [6.07, 6.45) is -4.38. The number of hydrogen-bond acceptors (Lipinski definition) is 2. The van der Waals surface area contributed by atoms with E-state index in [1.54, 1.807) is 45.2 Å². The van der Waals surface area contributed by atoms with Gasteiger partial charge in [-0.15, -0.1) is 0 Å². The third kappa shape index (κ3) is 4.27. The number of alkyl halides is 3. The standard InChI is InChI=1S/C10H7F3I2O2/c1-5(16)4-17-9-7(14)2-6(3-8(9)15)10(11,12)13/h2-3H,4H2,1H3. The Labute approximate surface area is 123 Å². The van der Waals surface area contributed by atoms with Gasteiger partial charge in [0.15, 0.2) is 5.78 Å². The fourth-order valence-corrected chi connectivity index (χ4v) is 3.11. The quantitative estimate of drug-likeness (QED) is 0.628. The molecule has 0 radical (unpaired) electrons. The molecule has 1 rings (SSSR count). The highest BCUT2D eigenvalue weighted by Gasteiger charge is 2.32. The van der Waals surface area contributed by atoms with Crippen molar-refractivity contribution in [2.75, 3.05) is 6.61 Å². The molecular weight excluding hydrogens is 463 g/mol. The lowest BCUT2D eigenvalue weighted by atomic mass is 10.2. The molecule has 94 valence electrons. The highest BCUT2D eigenvalue weighted by molar-refractivity contribution is 14.1. The molecule has 0 spiro atoms. The van der Waals surface area contributed by atoms with Crippen LogP contribution in [0.5, 0.6) is 5.75 Å². The predicted octanol–water partition coefficient (Wildman–Crippen LogP) is 3.88. The average molecular weight is 470 g/mol. The molecule has 7 heteroatoms. The molecule has 0 saturated heterocycles. The van der Waals surface area contributed by atoms with Crippen molar-refractivity contribution in [1.82, 2.24) is 0 Å². The second-order valence-electron chi connectivity index (χ2n) is 3.26. The zero-order chi connectivity index (χ0) is 13.2. The first-order valence-electron chi connectivity index (χ1n) is 4.40. The first-order valence-corrected chi connectivity index (χ1v) is 6.56. The van der Waals surface area contributed by atoms with Crippen LogP contribution < -0.4 is 4.74 Å². The number of carbonyl (C=O) groups is 1. The van der Waals surface area contributed by atoms with E-state index in [2.05, 4.69) is 0 Å². The first kappa shape index (κ1) is 15.0. The Bertz CT molecular complexity index is 421. The molecule has 1 aromatic carbocycles. The second-order valence-corrected chi connectivity index (χ2v) is 5.58. The zero-order valence-electron chi connectivity index (χ0n) is 8.57. The maximum Gasteiger partial charge on any atom is 0.416 e. The molecule has 0 aromatic heterocycles. The van der Waals surface area contributed by atoms with E-state index in [0.717, 1.165) is 12.1 Å². The van der Waals surface area contributed by atoms with Gasteiger partial charge in [-0.3, -0.25) is 4.79 Å². The van der Waals surface area contributed by atoms with Gasteiger partial charge in [-0.05, 0) is 64.2 Å². The molecule has 0 aliphatic rings. The molecule has 0 N–H and O–H groups in total. The summed E-state index contributed by atoms with van der Waals surface area (Å²) in [4.78, 5) is 10.8. The monoisotopic (exact) mass is 470 g/mol. The van der Waals surface area contributed by atoms with Gasteiger partial charge in [0.05, 0.1) is 12.7 Å². The van der Waals surface area contributed by atoms with E-state index in [1.807, 2.05) is 0 Å². The van der Waals surface area contributed by atoms with Crippen LogP contribution in [0.1, 0.15) is 12.5 Å². The van der Waals surface area contributed by atoms with Gasteiger partial charge in [0.25, 0.3) is 0 Å². The van der Waals surface area contributed by atoms with Crippen molar-refractivity contribution in [2.45, 2.75) is 13.1 Å². The predicted molar refractivity (Wildman–Crippen MR) is 73.1 cm³/mol. The molecular formula is C10H7F3I2O2. The second kappa shape index (κ2) is 5.72. The van der Waals surface area contributed by atoms with E-state index >= 15 is 0 Å². The first-order chi connectivity index (χ1) is 7.71. The number of ketones is 1. The molecule has 17 heavy (non-hydrogen) atoms. The summed E-state index contributed by atoms with van der Waals surface area (Å²) in [5, 5.41) is 0. The van der Waals surface area contributed by atoms with E-state index in [1.165, 1.54) is 6.92 Å². The summed E-state index contributed by atoms with van der Waals surface area (Å²) >= 11 is 3.51. The fraction of sp³-hybridized carbons (Fsp3) is 0.300. The number of benzene rings is 1. The molecule has 0 atom stereocenters. The summed E-state index contributed by atoms with van der Waals surface area (Å²) in [7, 11) is 0. The lowest BCUT2D eigenvalue weighted by molar-refractivity contribution is -0.137. The Morgan fingerprint density at radius 2 is 1.76 bits per heavy atom. The maximum absolute atomic E-state index is 12.5. The van der Waals surface area contributed by atoms with Crippen LogP contribution in [0.2, 0.25) is 0 Å². The summed E-state index contributed by atoms with van der Waals surface area (Å²) in [5.74, 6) is 0.130. The van der Waals surface area contributed by atoms with Crippen LogP contribution in [0.3, 0.4) is 0 Å². The minimum Gasteiger partial charge on any atom is -0.484 e. The summed E-state index contributed by atoms with van der Waals surface area (Å²) in [5.41, 5.74) is -0.721. The van der Waals surface area contributed by atoms with Gasteiger partial charge >= 0.3 is 6.18 Å². The van der Waals surface area contributed by atoms with Gasteiger partial charge in [0.1, 0.15) is 12.4 Å².